The Balaban J connectivity index is 1.54. The standard InChI is InChI=1S/C24H24N4O/c1-3-4-7-18-9-12-21(13-10-18)28-26-22-14-11-20(16-23(22)27-28)25-24(29)19-8-5-6-17(2)15-19/h5-6,8-16H,3-4,7H2,1-2H3,(H,25,29). The molecule has 1 aromatic heterocycles. The number of aryl methyl sites for hydroxylation is 2. The van der Waals surface area contributed by atoms with Gasteiger partial charge in [-0.05, 0) is 67.8 Å². The van der Waals surface area contributed by atoms with Gasteiger partial charge in [-0.2, -0.15) is 4.80 Å². The molecule has 0 aliphatic heterocycles. The van der Waals surface area contributed by atoms with Crippen molar-refractivity contribution in [2.45, 2.75) is 33.1 Å². The maximum atomic E-state index is 12.5. The molecule has 0 spiro atoms. The van der Waals surface area contributed by atoms with Crippen LogP contribution in [0.1, 0.15) is 41.3 Å². The van der Waals surface area contributed by atoms with Crippen molar-refractivity contribution >= 4 is 22.6 Å². The zero-order valence-corrected chi connectivity index (χ0v) is 16.7. The highest BCUT2D eigenvalue weighted by atomic mass is 16.1. The summed E-state index contributed by atoms with van der Waals surface area (Å²) in [5.74, 6) is -0.136. The van der Waals surface area contributed by atoms with Gasteiger partial charge in [0.15, 0.2) is 0 Å². The fourth-order valence-electron chi connectivity index (χ4n) is 3.27. The summed E-state index contributed by atoms with van der Waals surface area (Å²) in [4.78, 5) is 14.1. The maximum Gasteiger partial charge on any atom is 0.255 e. The molecule has 0 fully saturated rings. The highest BCUT2D eigenvalue weighted by molar-refractivity contribution is 6.05. The highest BCUT2D eigenvalue weighted by Gasteiger charge is 2.09. The molecule has 0 radical (unpaired) electrons. The van der Waals surface area contributed by atoms with E-state index >= 15 is 0 Å². The minimum atomic E-state index is -0.136. The van der Waals surface area contributed by atoms with Crippen molar-refractivity contribution in [3.05, 3.63) is 83.4 Å². The van der Waals surface area contributed by atoms with Crippen LogP contribution in [0, 0.1) is 6.92 Å². The molecule has 5 heteroatoms. The summed E-state index contributed by atoms with van der Waals surface area (Å²) in [6.45, 7) is 4.17. The van der Waals surface area contributed by atoms with Gasteiger partial charge in [0, 0.05) is 11.3 Å². The van der Waals surface area contributed by atoms with E-state index in [9.17, 15) is 4.79 Å². The lowest BCUT2D eigenvalue weighted by Gasteiger charge is -2.05. The molecule has 4 aromatic rings. The van der Waals surface area contributed by atoms with Gasteiger partial charge in [-0.25, -0.2) is 0 Å². The number of carbonyl (C=O) groups excluding carboxylic acids is 1. The topological polar surface area (TPSA) is 59.8 Å². The summed E-state index contributed by atoms with van der Waals surface area (Å²) in [6.07, 6.45) is 3.48. The first kappa shape index (κ1) is 18.9. The number of anilines is 1. The average Bonchev–Trinajstić information content (AvgIpc) is 3.16. The average molecular weight is 384 g/mol. The lowest BCUT2D eigenvalue weighted by Crippen LogP contribution is -2.11. The zero-order valence-electron chi connectivity index (χ0n) is 16.7. The molecule has 146 valence electrons. The van der Waals surface area contributed by atoms with Gasteiger partial charge < -0.3 is 5.32 Å². The number of benzene rings is 3. The molecule has 0 atom stereocenters. The normalized spacial score (nSPS) is 11.0. The van der Waals surface area contributed by atoms with E-state index in [0.29, 0.717) is 11.3 Å². The summed E-state index contributed by atoms with van der Waals surface area (Å²) in [5.41, 5.74) is 6.16. The number of aromatic nitrogens is 3. The Morgan fingerprint density at radius 3 is 2.52 bits per heavy atom. The molecule has 1 amide bonds. The minimum Gasteiger partial charge on any atom is -0.322 e. The van der Waals surface area contributed by atoms with Crippen LogP contribution >= 0.6 is 0 Å². The van der Waals surface area contributed by atoms with Crippen molar-refractivity contribution in [3.8, 4) is 5.69 Å². The van der Waals surface area contributed by atoms with E-state index < -0.39 is 0 Å². The first-order valence-corrected chi connectivity index (χ1v) is 9.97. The van der Waals surface area contributed by atoms with E-state index in [2.05, 4.69) is 34.6 Å². The van der Waals surface area contributed by atoms with Gasteiger partial charge in [0.25, 0.3) is 5.91 Å². The second-order valence-corrected chi connectivity index (χ2v) is 7.29. The third kappa shape index (κ3) is 4.35. The summed E-state index contributed by atoms with van der Waals surface area (Å²) in [5, 5.41) is 12.1. The number of hydrogen-bond donors (Lipinski definition) is 1. The molecule has 0 bridgehead atoms. The molecule has 0 saturated carbocycles. The van der Waals surface area contributed by atoms with Crippen LogP contribution in [0.25, 0.3) is 16.7 Å². The highest BCUT2D eigenvalue weighted by Crippen LogP contribution is 2.19. The van der Waals surface area contributed by atoms with E-state index in [1.807, 2.05) is 55.5 Å². The van der Waals surface area contributed by atoms with Gasteiger partial charge in [0.1, 0.15) is 11.0 Å². The second kappa shape index (κ2) is 8.27. The van der Waals surface area contributed by atoms with Gasteiger partial charge >= 0.3 is 0 Å². The van der Waals surface area contributed by atoms with Crippen molar-refractivity contribution in [3.63, 3.8) is 0 Å². The van der Waals surface area contributed by atoms with Crippen molar-refractivity contribution < 1.29 is 4.79 Å². The van der Waals surface area contributed by atoms with Crippen LogP contribution < -0.4 is 5.32 Å². The number of fused-ring (bicyclic) bond motifs is 1. The Bertz CT molecular complexity index is 1150. The van der Waals surface area contributed by atoms with Crippen LogP contribution in [-0.2, 0) is 6.42 Å². The maximum absolute atomic E-state index is 12.5. The van der Waals surface area contributed by atoms with Crippen LogP contribution in [0.15, 0.2) is 66.7 Å². The molecular weight excluding hydrogens is 360 g/mol. The van der Waals surface area contributed by atoms with Crippen molar-refractivity contribution in [2.75, 3.05) is 5.32 Å². The molecule has 1 heterocycles. The molecule has 0 saturated heterocycles. The Hall–Kier alpha value is -3.47. The van der Waals surface area contributed by atoms with Gasteiger partial charge in [0.2, 0.25) is 0 Å². The molecule has 0 aliphatic rings. The monoisotopic (exact) mass is 384 g/mol. The Morgan fingerprint density at radius 2 is 1.76 bits per heavy atom. The summed E-state index contributed by atoms with van der Waals surface area (Å²) in [6, 6.07) is 21.5. The number of unbranched alkanes of at least 4 members (excludes halogenated alkanes) is 1. The van der Waals surface area contributed by atoms with Crippen LogP contribution in [0.4, 0.5) is 5.69 Å². The van der Waals surface area contributed by atoms with Crippen molar-refractivity contribution in [2.24, 2.45) is 0 Å². The number of nitrogens with one attached hydrogen (secondary N) is 1. The van der Waals surface area contributed by atoms with Crippen LogP contribution in [0.5, 0.6) is 0 Å². The van der Waals surface area contributed by atoms with E-state index in [0.717, 1.165) is 28.7 Å². The lowest BCUT2D eigenvalue weighted by atomic mass is 10.1. The van der Waals surface area contributed by atoms with Gasteiger partial charge in [-0.1, -0.05) is 43.2 Å². The van der Waals surface area contributed by atoms with E-state index in [4.69, 9.17) is 0 Å². The van der Waals surface area contributed by atoms with E-state index in [1.165, 1.54) is 18.4 Å². The number of nitrogens with zero attached hydrogens (tertiary/aromatic N) is 3. The quantitative estimate of drug-likeness (QED) is 0.489. The largest absolute Gasteiger partial charge is 0.322 e. The number of hydrogen-bond acceptors (Lipinski definition) is 3. The molecule has 29 heavy (non-hydrogen) atoms. The molecular formula is C24H24N4O. The fraction of sp³-hybridized carbons (Fsp3) is 0.208. The number of rotatable bonds is 6. The Labute approximate surface area is 170 Å². The third-order valence-electron chi connectivity index (χ3n) is 4.90. The lowest BCUT2D eigenvalue weighted by molar-refractivity contribution is 0.102. The molecule has 0 aliphatic carbocycles. The van der Waals surface area contributed by atoms with Crippen molar-refractivity contribution in [1.29, 1.82) is 0 Å². The van der Waals surface area contributed by atoms with E-state index in [1.54, 1.807) is 10.9 Å². The predicted molar refractivity (Wildman–Crippen MR) is 117 cm³/mol. The molecule has 5 nitrogen and oxygen atoms in total. The molecule has 1 N–H and O–H groups in total. The van der Waals surface area contributed by atoms with Gasteiger partial charge in [-0.3, -0.25) is 4.79 Å². The second-order valence-electron chi connectivity index (χ2n) is 7.29. The fourth-order valence-corrected chi connectivity index (χ4v) is 3.27. The van der Waals surface area contributed by atoms with Crippen LogP contribution in [0.2, 0.25) is 0 Å². The number of carbonyl (C=O) groups is 1. The Morgan fingerprint density at radius 1 is 0.966 bits per heavy atom. The van der Waals surface area contributed by atoms with Crippen molar-refractivity contribution in [1.82, 2.24) is 15.0 Å². The SMILES string of the molecule is CCCCc1ccc(-n2nc3ccc(NC(=O)c4cccc(C)c4)cc3n2)cc1. The predicted octanol–water partition coefficient (Wildman–Crippen LogP) is 5.32. The van der Waals surface area contributed by atoms with Crippen LogP contribution in [-0.4, -0.2) is 20.9 Å². The van der Waals surface area contributed by atoms with Crippen LogP contribution in [0.3, 0.4) is 0 Å². The zero-order chi connectivity index (χ0) is 20.2. The summed E-state index contributed by atoms with van der Waals surface area (Å²) < 4.78 is 0. The number of amides is 1. The summed E-state index contributed by atoms with van der Waals surface area (Å²) in [7, 11) is 0. The molecule has 0 unspecified atom stereocenters. The first-order chi connectivity index (χ1) is 14.1. The smallest absolute Gasteiger partial charge is 0.255 e. The first-order valence-electron chi connectivity index (χ1n) is 9.97. The minimum absolute atomic E-state index is 0.136. The van der Waals surface area contributed by atoms with E-state index in [-0.39, 0.29) is 5.91 Å². The Kier molecular flexibility index (Phi) is 5.38. The molecule has 3 aromatic carbocycles. The third-order valence-corrected chi connectivity index (χ3v) is 4.90. The summed E-state index contributed by atoms with van der Waals surface area (Å²) >= 11 is 0. The molecule has 4 rings (SSSR count). The van der Waals surface area contributed by atoms with Gasteiger partial charge in [-0.15, -0.1) is 10.2 Å². The van der Waals surface area contributed by atoms with Gasteiger partial charge in [0.05, 0.1) is 5.69 Å².